The molecule has 0 saturated carbocycles. The van der Waals surface area contributed by atoms with Crippen LogP contribution in [-0.2, 0) is 17.9 Å². The first kappa shape index (κ1) is 21.0. The molecule has 158 valence electrons. The lowest BCUT2D eigenvalue weighted by atomic mass is 10.2. The summed E-state index contributed by atoms with van der Waals surface area (Å²) in [5.74, 6) is 0.315. The predicted octanol–water partition coefficient (Wildman–Crippen LogP) is 4.06. The van der Waals surface area contributed by atoms with Crippen molar-refractivity contribution in [3.8, 4) is 5.75 Å². The number of ether oxygens (including phenoxy) is 1. The first-order valence-corrected chi connectivity index (χ1v) is 10.9. The van der Waals surface area contributed by atoms with E-state index in [0.717, 1.165) is 11.2 Å². The largest absolute Gasteiger partial charge is 0.588 e. The van der Waals surface area contributed by atoms with Crippen LogP contribution in [0.3, 0.4) is 0 Å². The van der Waals surface area contributed by atoms with Crippen molar-refractivity contribution in [2.45, 2.75) is 11.4 Å². The average Bonchev–Trinajstić information content (AvgIpc) is 3.25. The Balaban J connectivity index is 1.38. The molecule has 0 saturated heterocycles. The highest BCUT2D eigenvalue weighted by Crippen LogP contribution is 2.29. The van der Waals surface area contributed by atoms with E-state index in [0.29, 0.717) is 33.5 Å². The highest BCUT2D eigenvalue weighted by atomic mass is 35.5. The van der Waals surface area contributed by atoms with E-state index in [1.807, 2.05) is 28.9 Å². The molecule has 1 unspecified atom stereocenters. The van der Waals surface area contributed by atoms with Gasteiger partial charge in [0.2, 0.25) is 0 Å². The van der Waals surface area contributed by atoms with Crippen LogP contribution >= 0.6 is 11.6 Å². The van der Waals surface area contributed by atoms with Crippen molar-refractivity contribution in [3.05, 3.63) is 89.3 Å². The molecule has 31 heavy (non-hydrogen) atoms. The number of aromatic nitrogens is 2. The Labute approximate surface area is 187 Å². The third kappa shape index (κ3) is 4.93. The summed E-state index contributed by atoms with van der Waals surface area (Å²) in [6.45, 7) is 0.386. The fraction of sp³-hybridized carbons (Fsp3) is 0.0909. The molecule has 0 aliphatic heterocycles. The number of hydrogen-bond acceptors (Lipinski definition) is 5. The summed E-state index contributed by atoms with van der Waals surface area (Å²) in [5, 5.41) is 3.39. The molecule has 7 nitrogen and oxygen atoms in total. The number of carbonyl (C=O) groups is 1. The van der Waals surface area contributed by atoms with Gasteiger partial charge in [0.05, 0.1) is 7.11 Å². The zero-order valence-electron chi connectivity index (χ0n) is 16.5. The number of methoxy groups -OCH3 is 1. The lowest BCUT2D eigenvalue weighted by molar-refractivity contribution is 0.0951. The maximum absolute atomic E-state index is 12.7. The number of halogens is 1. The van der Waals surface area contributed by atoms with Crippen molar-refractivity contribution in [2.24, 2.45) is 0 Å². The number of imidazole rings is 1. The van der Waals surface area contributed by atoms with Crippen LogP contribution in [0.5, 0.6) is 5.75 Å². The molecule has 4 rings (SSSR count). The third-order valence-corrected chi connectivity index (χ3v) is 5.94. The standard InChI is InChI=1S/C22H19ClN4O3S/c1-30-20-8-5-17(23)12-19(20)26-31(29)18-6-3-16(4-7-18)22(28)25-13-15-2-9-21-24-10-11-27(21)14-15/h2-12,14,26H,13H2,1H3,(H,25,28). The molecule has 0 radical (unpaired) electrons. The van der Waals surface area contributed by atoms with Crippen molar-refractivity contribution >= 4 is 40.2 Å². The van der Waals surface area contributed by atoms with E-state index in [9.17, 15) is 9.35 Å². The van der Waals surface area contributed by atoms with Gasteiger partial charge in [-0.25, -0.2) is 4.98 Å². The van der Waals surface area contributed by atoms with E-state index in [-0.39, 0.29) is 5.91 Å². The average molecular weight is 455 g/mol. The summed E-state index contributed by atoms with van der Waals surface area (Å²) >= 11 is 4.46. The molecule has 2 aromatic carbocycles. The van der Waals surface area contributed by atoms with E-state index in [2.05, 4.69) is 15.0 Å². The first-order chi connectivity index (χ1) is 15.0. The summed E-state index contributed by atoms with van der Waals surface area (Å²) in [4.78, 5) is 17.2. The molecule has 0 bridgehead atoms. The van der Waals surface area contributed by atoms with E-state index < -0.39 is 11.4 Å². The normalized spacial score (nSPS) is 11.8. The van der Waals surface area contributed by atoms with Crippen molar-refractivity contribution in [2.75, 3.05) is 11.8 Å². The summed E-state index contributed by atoms with van der Waals surface area (Å²) in [5.41, 5.74) is 2.80. The number of amides is 1. The Morgan fingerprint density at radius 2 is 2.00 bits per heavy atom. The van der Waals surface area contributed by atoms with E-state index in [1.54, 1.807) is 48.7 Å². The Hall–Kier alpha value is -3.20. The molecule has 0 spiro atoms. The van der Waals surface area contributed by atoms with Gasteiger partial charge in [-0.3, -0.25) is 4.79 Å². The number of fused-ring (bicyclic) bond motifs is 1. The molecule has 0 fully saturated rings. The van der Waals surface area contributed by atoms with Crippen LogP contribution in [0, 0.1) is 0 Å². The van der Waals surface area contributed by atoms with Crippen LogP contribution in [0.1, 0.15) is 15.9 Å². The molecular formula is C22H19ClN4O3S. The predicted molar refractivity (Wildman–Crippen MR) is 121 cm³/mol. The van der Waals surface area contributed by atoms with E-state index >= 15 is 0 Å². The minimum absolute atomic E-state index is 0.215. The quantitative estimate of drug-likeness (QED) is 0.411. The number of nitrogens with one attached hydrogen (secondary N) is 2. The van der Waals surface area contributed by atoms with Crippen molar-refractivity contribution in [1.82, 2.24) is 14.7 Å². The number of pyridine rings is 1. The Bertz CT molecular complexity index is 1210. The maximum atomic E-state index is 12.7. The van der Waals surface area contributed by atoms with Gasteiger partial charge in [-0.05, 0) is 54.1 Å². The smallest absolute Gasteiger partial charge is 0.251 e. The van der Waals surface area contributed by atoms with Gasteiger partial charge in [0.15, 0.2) is 4.90 Å². The van der Waals surface area contributed by atoms with Crippen LogP contribution < -0.4 is 14.8 Å². The van der Waals surface area contributed by atoms with Gasteiger partial charge < -0.3 is 19.0 Å². The Morgan fingerprint density at radius 3 is 2.77 bits per heavy atom. The van der Waals surface area contributed by atoms with Gasteiger partial charge in [0.1, 0.15) is 28.4 Å². The lowest BCUT2D eigenvalue weighted by Crippen LogP contribution is -2.23. The SMILES string of the molecule is COc1ccc(Cl)cc1N[S+]([O-])c1ccc(C(=O)NCc2ccc3nccn3c2)cc1. The fourth-order valence-corrected chi connectivity index (χ4v) is 4.04. The summed E-state index contributed by atoms with van der Waals surface area (Å²) < 4.78 is 22.7. The zero-order chi connectivity index (χ0) is 21.8. The number of anilines is 1. The molecule has 0 aliphatic rings. The van der Waals surface area contributed by atoms with Crippen LogP contribution in [0.2, 0.25) is 5.02 Å². The minimum atomic E-state index is -1.55. The van der Waals surface area contributed by atoms with Gasteiger partial charge in [-0.2, -0.15) is 4.72 Å². The molecule has 2 N–H and O–H groups in total. The summed E-state index contributed by atoms with van der Waals surface area (Å²) in [6.07, 6.45) is 5.50. The molecule has 2 heterocycles. The highest BCUT2D eigenvalue weighted by Gasteiger charge is 2.16. The van der Waals surface area contributed by atoms with E-state index in [4.69, 9.17) is 16.3 Å². The van der Waals surface area contributed by atoms with Crippen LogP contribution in [-0.4, -0.2) is 27.0 Å². The molecule has 4 aromatic rings. The van der Waals surface area contributed by atoms with Crippen LogP contribution in [0.15, 0.2) is 78.1 Å². The molecule has 0 aliphatic carbocycles. The molecule has 1 amide bonds. The number of carbonyl (C=O) groups excluding carboxylic acids is 1. The van der Waals surface area contributed by atoms with Crippen molar-refractivity contribution in [1.29, 1.82) is 0 Å². The molecule has 1 atom stereocenters. The maximum Gasteiger partial charge on any atom is 0.251 e. The molecule has 9 heteroatoms. The van der Waals surface area contributed by atoms with Crippen LogP contribution in [0.25, 0.3) is 5.65 Å². The number of rotatable bonds is 7. The second-order valence-electron chi connectivity index (χ2n) is 6.65. The third-order valence-electron chi connectivity index (χ3n) is 4.60. The summed E-state index contributed by atoms with van der Waals surface area (Å²) in [7, 11) is 1.53. The van der Waals surface area contributed by atoms with Crippen molar-refractivity contribution < 1.29 is 14.1 Å². The lowest BCUT2D eigenvalue weighted by Gasteiger charge is -2.14. The van der Waals surface area contributed by atoms with Gasteiger partial charge in [-0.1, -0.05) is 17.7 Å². The first-order valence-electron chi connectivity index (χ1n) is 9.35. The second-order valence-corrected chi connectivity index (χ2v) is 8.30. The topological polar surface area (TPSA) is 90.7 Å². The van der Waals surface area contributed by atoms with Gasteiger partial charge in [0.25, 0.3) is 5.91 Å². The molecular weight excluding hydrogens is 436 g/mol. The summed E-state index contributed by atoms with van der Waals surface area (Å²) in [6, 6.07) is 15.4. The van der Waals surface area contributed by atoms with Crippen molar-refractivity contribution in [3.63, 3.8) is 0 Å². The molecule has 2 aromatic heterocycles. The number of hydrogen-bond donors (Lipinski definition) is 2. The second kappa shape index (κ2) is 9.30. The number of nitrogens with zero attached hydrogens (tertiary/aromatic N) is 2. The van der Waals surface area contributed by atoms with E-state index in [1.165, 1.54) is 7.11 Å². The Kier molecular flexibility index (Phi) is 6.31. The van der Waals surface area contributed by atoms with Gasteiger partial charge in [-0.15, -0.1) is 0 Å². The van der Waals surface area contributed by atoms with Crippen LogP contribution in [0.4, 0.5) is 5.69 Å². The number of benzene rings is 2. The Morgan fingerprint density at radius 1 is 1.19 bits per heavy atom. The highest BCUT2D eigenvalue weighted by molar-refractivity contribution is 7.92. The zero-order valence-corrected chi connectivity index (χ0v) is 18.1. The van der Waals surface area contributed by atoms with Gasteiger partial charge in [0, 0.05) is 35.7 Å². The fourth-order valence-electron chi connectivity index (χ4n) is 3.00. The monoisotopic (exact) mass is 454 g/mol. The minimum Gasteiger partial charge on any atom is -0.588 e. The van der Waals surface area contributed by atoms with Gasteiger partial charge >= 0.3 is 0 Å².